The number of nitrogens with two attached hydrogens (primary N) is 1. The molecule has 0 bridgehead atoms. The molecule has 3 saturated heterocycles. The number of hydrogen-bond acceptors (Lipinski definition) is 27. The molecule has 0 radical (unpaired) electrons. The average molecular weight is 1530 g/mol. The average Bonchev–Trinajstić information content (AvgIpc) is 1.77. The van der Waals surface area contributed by atoms with Crippen LogP contribution in [-0.2, 0) is 76.4 Å². The summed E-state index contributed by atoms with van der Waals surface area (Å²) >= 11 is 3.32. The fourth-order valence-electron chi connectivity index (χ4n) is 10.2. The Hall–Kier alpha value is -6.07. The number of cyclic esters (lactones) is 2. The molecule has 32 heteroatoms. The van der Waals surface area contributed by atoms with Crippen molar-refractivity contribution in [3.05, 3.63) is 24.3 Å². The highest BCUT2D eigenvalue weighted by molar-refractivity contribution is 9.09. The van der Waals surface area contributed by atoms with Gasteiger partial charge in [0.15, 0.2) is 0 Å². The minimum absolute atomic E-state index is 0.0685. The van der Waals surface area contributed by atoms with Gasteiger partial charge in [-0.25, -0.2) is 14.4 Å². The van der Waals surface area contributed by atoms with Crippen molar-refractivity contribution in [1.82, 2.24) is 54.7 Å². The van der Waals surface area contributed by atoms with Gasteiger partial charge in [0.2, 0.25) is 0 Å². The van der Waals surface area contributed by atoms with Crippen molar-refractivity contribution >= 4 is 81.6 Å². The van der Waals surface area contributed by atoms with Crippen molar-refractivity contribution in [3.63, 3.8) is 0 Å². The molecule has 0 aromatic rings. The number of nitrogens with zero attached hydrogens (tertiary/aromatic N) is 9. The zero-order valence-electron chi connectivity index (χ0n) is 64.6. The fraction of sp³-hybridized carbons (Fsp3) is 0.789. The number of alkyl halides is 1. The van der Waals surface area contributed by atoms with Crippen LogP contribution in [0.15, 0.2) is 24.3 Å². The van der Waals surface area contributed by atoms with Gasteiger partial charge in [-0.3, -0.25) is 72.7 Å². The summed E-state index contributed by atoms with van der Waals surface area (Å²) in [7, 11) is 0. The van der Waals surface area contributed by atoms with Crippen LogP contribution in [-0.4, -0.2) is 343 Å². The molecule has 0 aliphatic carbocycles. The van der Waals surface area contributed by atoms with Gasteiger partial charge < -0.3 is 64.8 Å². The number of esters is 6. The van der Waals surface area contributed by atoms with Crippen LogP contribution < -0.4 is 16.4 Å². The number of carbonyl (C=O) groups is 11. The number of hydrogen-bond donors (Lipinski definition) is 5. The van der Waals surface area contributed by atoms with Gasteiger partial charge in [-0.05, 0) is 162 Å². The summed E-state index contributed by atoms with van der Waals surface area (Å²) < 4.78 is 30.8. The molecule has 0 spiro atoms. The number of unbranched alkanes of at least 4 members (excludes halogenated alkanes) is 3. The van der Waals surface area contributed by atoms with Crippen LogP contribution in [0.25, 0.3) is 0 Å². The molecule has 0 saturated carbocycles. The lowest BCUT2D eigenvalue weighted by Crippen LogP contribution is -2.42. The van der Waals surface area contributed by atoms with E-state index in [1.54, 1.807) is 0 Å². The zero-order valence-corrected chi connectivity index (χ0v) is 66.2. The maximum atomic E-state index is 12.3. The van der Waals surface area contributed by atoms with Gasteiger partial charge in [-0.2, -0.15) is 0 Å². The Labute approximate surface area is 620 Å². The number of nitrogens with one attached hydrogen (secondary N) is 2. The number of imide groups is 1. The second kappa shape index (κ2) is 49.7. The number of amides is 3. The predicted octanol–water partition coefficient (Wildman–Crippen LogP) is 3.30. The second-order valence-corrected chi connectivity index (χ2v) is 31.3. The molecular formula is C71H127BrN12O19. The third-order valence-corrected chi connectivity index (χ3v) is 15.4. The van der Waals surface area contributed by atoms with Gasteiger partial charge in [0.05, 0.1) is 39.3 Å². The van der Waals surface area contributed by atoms with Crippen LogP contribution in [0.4, 0.5) is 4.79 Å². The molecule has 0 aromatic heterocycles. The smallest absolute Gasteiger partial charge is 0.407 e. The SMILES string of the molecule is CC(C)(C)OC(=O)CN1CCN(CCCCN)CCN(CC(=O)OC(C)(C)C)CC1.CC(C)(C)OC(=O)CN1CCNCCN(CC(=O)OC(C)(C)C)CC1.CC(C)(C)OC(=O)NCCCCBr.O=C(O)CN1CCN(CCCCN2C(=O)C=CC2=O)CCN(CC(=O)O)CC1.O=C1C=CC(=O)O1. The van der Waals surface area contributed by atoms with Crippen LogP contribution >= 0.6 is 15.9 Å². The first-order valence-electron chi connectivity index (χ1n) is 35.9. The summed E-state index contributed by atoms with van der Waals surface area (Å²) in [5.74, 6) is -4.37. The summed E-state index contributed by atoms with van der Waals surface area (Å²) in [4.78, 5) is 143. The summed E-state index contributed by atoms with van der Waals surface area (Å²) in [5, 5.41) is 25.1. The summed E-state index contributed by atoms with van der Waals surface area (Å²) in [6.45, 7) is 45.4. The number of aliphatic carboxylic acids is 2. The van der Waals surface area contributed by atoms with E-state index in [4.69, 9.17) is 39.6 Å². The maximum Gasteiger partial charge on any atom is 0.407 e. The largest absolute Gasteiger partial charge is 0.480 e. The first kappa shape index (κ1) is 94.9. The molecule has 31 nitrogen and oxygen atoms in total. The minimum atomic E-state index is -0.899. The van der Waals surface area contributed by atoms with Crippen molar-refractivity contribution in [1.29, 1.82) is 0 Å². The first-order chi connectivity index (χ1) is 47.9. The Morgan fingerprint density at radius 2 is 0.709 bits per heavy atom. The van der Waals surface area contributed by atoms with Crippen LogP contribution in [0.2, 0.25) is 0 Å². The lowest BCUT2D eigenvalue weighted by Gasteiger charge is -2.27. The molecule has 3 fully saturated rings. The van der Waals surface area contributed by atoms with E-state index in [9.17, 15) is 52.7 Å². The van der Waals surface area contributed by atoms with Crippen LogP contribution in [0.5, 0.6) is 0 Å². The van der Waals surface area contributed by atoms with Crippen molar-refractivity contribution in [2.45, 2.75) is 170 Å². The van der Waals surface area contributed by atoms with E-state index in [1.165, 1.54) is 17.1 Å². The minimum Gasteiger partial charge on any atom is -0.480 e. The van der Waals surface area contributed by atoms with E-state index in [2.05, 4.69) is 60.7 Å². The van der Waals surface area contributed by atoms with Crippen molar-refractivity contribution in [3.8, 4) is 0 Å². The second-order valence-electron chi connectivity index (χ2n) is 30.5. The topological polar surface area (TPSA) is 363 Å². The lowest BCUT2D eigenvalue weighted by molar-refractivity contribution is -0.158. The van der Waals surface area contributed by atoms with E-state index in [1.807, 2.05) is 114 Å². The van der Waals surface area contributed by atoms with Crippen molar-refractivity contribution in [2.75, 3.05) is 195 Å². The standard InChI is InChI=1S/C22H44N4O4.C18H28N4O6.C18H35N3O4.C9H18BrNO2.C4H2O3/c1-21(2,3)29-19(27)17-25-13-11-24(10-8-7-9-23)12-14-26(16-15-25)18-20(28)30-22(4,5)6;23-15-3-4-16(24)22(15)6-2-1-5-19-7-9-20(13-17(25)26)11-12-21(10-8-19)14-18(27)28;1-17(2,3)24-15(22)13-20-9-7-19-8-10-21(12-11-20)14-16(23)25-18(4,5)6;1-9(2,3)13-8(12)11-7-5-4-6-10;5-3-1-2-4(6)7-3/h7-18,23H2,1-6H3;3-4H,1-2,5-14H2,(H,25,26)(H,27,28);19H,7-14H2,1-6H3;4-7H2,1-3H3,(H,11,12);1-2H. The Morgan fingerprint density at radius 1 is 0.417 bits per heavy atom. The molecule has 5 aliphatic rings. The predicted molar refractivity (Wildman–Crippen MR) is 394 cm³/mol. The molecule has 6 N–H and O–H groups in total. The summed E-state index contributed by atoms with van der Waals surface area (Å²) in [6, 6.07) is 0. The normalized spacial score (nSPS) is 18.0. The fourth-order valence-corrected chi connectivity index (χ4v) is 10.6. The van der Waals surface area contributed by atoms with Gasteiger partial charge in [0, 0.05) is 161 Å². The van der Waals surface area contributed by atoms with Gasteiger partial charge in [0.1, 0.15) is 28.0 Å². The molecule has 5 rings (SSSR count). The number of rotatable bonds is 25. The third-order valence-electron chi connectivity index (χ3n) is 14.9. The molecule has 592 valence electrons. The number of halogens is 1. The maximum absolute atomic E-state index is 12.3. The lowest BCUT2D eigenvalue weighted by atomic mass is 10.2. The Kier molecular flexibility index (Phi) is 45.8. The van der Waals surface area contributed by atoms with Gasteiger partial charge in [0.25, 0.3) is 11.8 Å². The zero-order chi connectivity index (χ0) is 78.0. The van der Waals surface area contributed by atoms with E-state index >= 15 is 0 Å². The highest BCUT2D eigenvalue weighted by Gasteiger charge is 2.28. The van der Waals surface area contributed by atoms with Crippen molar-refractivity contribution < 1.29 is 91.4 Å². The molecule has 3 amide bonds. The molecule has 5 aliphatic heterocycles. The van der Waals surface area contributed by atoms with Gasteiger partial charge in [-0.1, -0.05) is 15.9 Å². The van der Waals surface area contributed by atoms with E-state index < -0.39 is 51.9 Å². The Bertz CT molecular complexity index is 2530. The van der Waals surface area contributed by atoms with Crippen LogP contribution in [0, 0.1) is 0 Å². The number of alkyl carbamates (subject to hydrolysis) is 1. The summed E-state index contributed by atoms with van der Waals surface area (Å²) in [5.41, 5.74) is 3.30. The van der Waals surface area contributed by atoms with E-state index in [-0.39, 0.29) is 81.1 Å². The number of ether oxygens (including phenoxy) is 6. The molecule has 0 unspecified atom stereocenters. The Balaban J connectivity index is 0.000000682. The molecular weight excluding hydrogens is 1400 g/mol. The number of carboxylic acids is 2. The number of carbonyl (C=O) groups excluding carboxylic acids is 9. The van der Waals surface area contributed by atoms with Gasteiger partial charge in [-0.15, -0.1) is 0 Å². The monoisotopic (exact) mass is 1530 g/mol. The number of carboxylic acid groups (broad SMARTS) is 2. The highest BCUT2D eigenvalue weighted by Crippen LogP contribution is 2.14. The first-order valence-corrected chi connectivity index (χ1v) is 37.0. The van der Waals surface area contributed by atoms with Crippen LogP contribution in [0.3, 0.4) is 0 Å². The van der Waals surface area contributed by atoms with Gasteiger partial charge >= 0.3 is 53.8 Å². The van der Waals surface area contributed by atoms with Crippen molar-refractivity contribution in [2.24, 2.45) is 5.73 Å². The molecule has 5 heterocycles. The third kappa shape index (κ3) is 53.4. The summed E-state index contributed by atoms with van der Waals surface area (Å²) in [6.07, 6.45) is 9.96. The van der Waals surface area contributed by atoms with E-state index in [0.717, 1.165) is 115 Å². The Morgan fingerprint density at radius 3 is 0.990 bits per heavy atom. The quantitative estimate of drug-likeness (QED) is 0.0219. The molecule has 0 atom stereocenters. The van der Waals surface area contributed by atoms with Crippen LogP contribution in [0.1, 0.15) is 142 Å². The van der Waals surface area contributed by atoms with E-state index in [0.29, 0.717) is 91.5 Å². The highest BCUT2D eigenvalue weighted by atomic mass is 79.9. The molecule has 0 aromatic carbocycles. The molecule has 103 heavy (non-hydrogen) atoms.